The molecular weight excluding hydrogens is 364 g/mol. The largest absolute Gasteiger partial charge is 0.480 e. The molecule has 2 N–H and O–H groups in total. The summed E-state index contributed by atoms with van der Waals surface area (Å²) in [6, 6.07) is 6.69. The standard InChI is InChI=1S/C20H26N2O4S/c1-12(27-16-9-7-15(8-10-16)21-13(2)23)19(24)22-17-6-4-3-5-14(17)11-18(22)20(25)26/h7-10,12,14,17-18H,3-6,11H2,1-2H3,(H,21,23)(H,25,26). The van der Waals surface area contributed by atoms with Crippen LogP contribution in [0.15, 0.2) is 29.2 Å². The van der Waals surface area contributed by atoms with E-state index in [-0.39, 0.29) is 23.1 Å². The second-order valence-electron chi connectivity index (χ2n) is 7.41. The van der Waals surface area contributed by atoms with E-state index in [1.165, 1.54) is 18.7 Å². The number of amides is 2. The van der Waals surface area contributed by atoms with E-state index in [4.69, 9.17) is 0 Å². The van der Waals surface area contributed by atoms with Gasteiger partial charge >= 0.3 is 5.97 Å². The van der Waals surface area contributed by atoms with Crippen molar-refractivity contribution in [2.45, 2.75) is 68.2 Å². The average molecular weight is 391 g/mol. The molecule has 1 saturated heterocycles. The predicted octanol–water partition coefficient (Wildman–Crippen LogP) is 3.37. The van der Waals surface area contributed by atoms with Gasteiger partial charge in [-0.3, -0.25) is 9.59 Å². The molecule has 146 valence electrons. The number of aliphatic carboxylic acids is 1. The molecular formula is C20H26N2O4S. The summed E-state index contributed by atoms with van der Waals surface area (Å²) >= 11 is 1.42. The van der Waals surface area contributed by atoms with Crippen molar-refractivity contribution in [3.05, 3.63) is 24.3 Å². The van der Waals surface area contributed by atoms with E-state index in [0.29, 0.717) is 18.0 Å². The van der Waals surface area contributed by atoms with Crippen LogP contribution in [0.25, 0.3) is 0 Å². The Labute approximate surface area is 163 Å². The molecule has 2 fully saturated rings. The molecule has 4 unspecified atom stereocenters. The predicted molar refractivity (Wildman–Crippen MR) is 105 cm³/mol. The lowest BCUT2D eigenvalue weighted by molar-refractivity contribution is -0.149. The Bertz CT molecular complexity index is 721. The van der Waals surface area contributed by atoms with Crippen molar-refractivity contribution in [3.63, 3.8) is 0 Å². The van der Waals surface area contributed by atoms with Crippen LogP contribution in [-0.2, 0) is 14.4 Å². The number of carboxylic acid groups (broad SMARTS) is 1. The minimum Gasteiger partial charge on any atom is -0.480 e. The van der Waals surface area contributed by atoms with Gasteiger partial charge in [0, 0.05) is 23.5 Å². The molecule has 0 spiro atoms. The van der Waals surface area contributed by atoms with Gasteiger partial charge in [-0.2, -0.15) is 0 Å². The second kappa shape index (κ2) is 8.33. The van der Waals surface area contributed by atoms with Gasteiger partial charge in [0.25, 0.3) is 0 Å². The number of fused-ring (bicyclic) bond motifs is 1. The van der Waals surface area contributed by atoms with Crippen LogP contribution in [0.2, 0.25) is 0 Å². The van der Waals surface area contributed by atoms with E-state index in [2.05, 4.69) is 5.32 Å². The number of carbonyl (C=O) groups is 3. The fourth-order valence-electron chi connectivity index (χ4n) is 4.28. The van der Waals surface area contributed by atoms with Gasteiger partial charge < -0.3 is 15.3 Å². The fourth-order valence-corrected chi connectivity index (χ4v) is 5.21. The number of thioether (sulfide) groups is 1. The molecule has 1 heterocycles. The van der Waals surface area contributed by atoms with Crippen LogP contribution >= 0.6 is 11.8 Å². The first kappa shape index (κ1) is 19.7. The van der Waals surface area contributed by atoms with Crippen LogP contribution in [0.4, 0.5) is 5.69 Å². The smallest absolute Gasteiger partial charge is 0.326 e. The summed E-state index contributed by atoms with van der Waals surface area (Å²) in [4.78, 5) is 38.5. The van der Waals surface area contributed by atoms with Crippen molar-refractivity contribution in [3.8, 4) is 0 Å². The number of rotatable bonds is 5. The molecule has 6 nitrogen and oxygen atoms in total. The Hall–Kier alpha value is -2.02. The maximum Gasteiger partial charge on any atom is 0.326 e. The summed E-state index contributed by atoms with van der Waals surface area (Å²) in [5, 5.41) is 12.0. The Morgan fingerprint density at radius 1 is 1.19 bits per heavy atom. The van der Waals surface area contributed by atoms with E-state index < -0.39 is 12.0 Å². The number of nitrogens with one attached hydrogen (secondary N) is 1. The van der Waals surface area contributed by atoms with Gasteiger partial charge in [0.05, 0.1) is 5.25 Å². The summed E-state index contributed by atoms with van der Waals surface area (Å²) in [7, 11) is 0. The molecule has 0 radical (unpaired) electrons. The number of likely N-dealkylation sites (tertiary alicyclic amines) is 1. The first-order valence-corrected chi connectivity index (χ1v) is 10.3. The molecule has 1 saturated carbocycles. The first-order chi connectivity index (χ1) is 12.9. The van der Waals surface area contributed by atoms with Gasteiger partial charge in [-0.15, -0.1) is 11.8 Å². The van der Waals surface area contributed by atoms with Crippen molar-refractivity contribution in [1.29, 1.82) is 0 Å². The lowest BCUT2D eigenvalue weighted by atomic mass is 9.84. The zero-order valence-corrected chi connectivity index (χ0v) is 16.5. The van der Waals surface area contributed by atoms with Gasteiger partial charge in [-0.05, 0) is 56.4 Å². The second-order valence-corrected chi connectivity index (χ2v) is 8.83. The van der Waals surface area contributed by atoms with Gasteiger partial charge in [0.15, 0.2) is 0 Å². The number of hydrogen-bond donors (Lipinski definition) is 2. The van der Waals surface area contributed by atoms with Crippen molar-refractivity contribution in [2.75, 3.05) is 5.32 Å². The van der Waals surface area contributed by atoms with Crippen molar-refractivity contribution in [2.24, 2.45) is 5.92 Å². The molecule has 27 heavy (non-hydrogen) atoms. The molecule has 2 amide bonds. The molecule has 2 aliphatic rings. The van der Waals surface area contributed by atoms with Gasteiger partial charge in [0.1, 0.15) is 6.04 Å². The zero-order valence-electron chi connectivity index (χ0n) is 15.7. The summed E-state index contributed by atoms with van der Waals surface area (Å²) < 4.78 is 0. The van der Waals surface area contributed by atoms with E-state index in [0.717, 1.165) is 30.6 Å². The molecule has 1 aliphatic heterocycles. The molecule has 1 aromatic carbocycles. The average Bonchev–Trinajstić information content (AvgIpc) is 3.02. The van der Waals surface area contributed by atoms with Crippen molar-refractivity contribution < 1.29 is 19.5 Å². The van der Waals surface area contributed by atoms with Crippen LogP contribution in [0, 0.1) is 5.92 Å². The number of carbonyl (C=O) groups excluding carboxylic acids is 2. The fraction of sp³-hybridized carbons (Fsp3) is 0.550. The highest BCUT2D eigenvalue weighted by molar-refractivity contribution is 8.00. The summed E-state index contributed by atoms with van der Waals surface area (Å²) in [5.41, 5.74) is 0.710. The van der Waals surface area contributed by atoms with Gasteiger partial charge in [0.2, 0.25) is 11.8 Å². The number of hydrogen-bond acceptors (Lipinski definition) is 4. The molecule has 1 aromatic rings. The third kappa shape index (κ3) is 4.46. The monoisotopic (exact) mass is 390 g/mol. The maximum atomic E-state index is 13.1. The first-order valence-electron chi connectivity index (χ1n) is 9.46. The molecule has 4 atom stereocenters. The number of anilines is 1. The minimum atomic E-state index is -0.894. The van der Waals surface area contributed by atoms with Crippen LogP contribution in [0.5, 0.6) is 0 Å². The quantitative estimate of drug-likeness (QED) is 0.753. The van der Waals surface area contributed by atoms with Crippen LogP contribution in [0.1, 0.15) is 46.0 Å². The van der Waals surface area contributed by atoms with Crippen molar-refractivity contribution >= 4 is 35.2 Å². The SMILES string of the molecule is CC(=O)Nc1ccc(SC(C)C(=O)N2C(C(=O)O)CC3CCCCC32)cc1. The molecule has 1 aliphatic carbocycles. The lowest BCUT2D eigenvalue weighted by Crippen LogP contribution is -2.49. The Kier molecular flexibility index (Phi) is 6.09. The third-order valence-corrected chi connectivity index (χ3v) is 6.56. The molecule has 0 bridgehead atoms. The molecule has 7 heteroatoms. The van der Waals surface area contributed by atoms with E-state index >= 15 is 0 Å². The summed E-state index contributed by atoms with van der Waals surface area (Å²) in [5.74, 6) is -0.796. The molecule has 3 rings (SSSR count). The zero-order chi connectivity index (χ0) is 19.6. The number of nitrogens with zero attached hydrogens (tertiary/aromatic N) is 1. The number of carboxylic acids is 1. The van der Waals surface area contributed by atoms with Crippen LogP contribution in [0.3, 0.4) is 0 Å². The normalized spacial score (nSPS) is 25.6. The highest BCUT2D eigenvalue weighted by atomic mass is 32.2. The third-order valence-electron chi connectivity index (χ3n) is 5.46. The Morgan fingerprint density at radius 3 is 2.48 bits per heavy atom. The van der Waals surface area contributed by atoms with E-state index in [1.54, 1.807) is 17.0 Å². The Balaban J connectivity index is 1.69. The maximum absolute atomic E-state index is 13.1. The topological polar surface area (TPSA) is 86.7 Å². The van der Waals surface area contributed by atoms with Crippen LogP contribution in [-0.4, -0.2) is 45.1 Å². The van der Waals surface area contributed by atoms with E-state index in [9.17, 15) is 19.5 Å². The Morgan fingerprint density at radius 2 is 1.85 bits per heavy atom. The summed E-state index contributed by atoms with van der Waals surface area (Å²) in [6.07, 6.45) is 4.69. The van der Waals surface area contributed by atoms with Gasteiger partial charge in [-0.1, -0.05) is 12.8 Å². The molecule has 0 aromatic heterocycles. The van der Waals surface area contributed by atoms with Crippen LogP contribution < -0.4 is 5.32 Å². The summed E-state index contributed by atoms with van der Waals surface area (Å²) in [6.45, 7) is 3.29. The highest BCUT2D eigenvalue weighted by Gasteiger charge is 2.48. The lowest BCUT2D eigenvalue weighted by Gasteiger charge is -2.34. The number of benzene rings is 1. The van der Waals surface area contributed by atoms with Crippen molar-refractivity contribution in [1.82, 2.24) is 4.90 Å². The van der Waals surface area contributed by atoms with Gasteiger partial charge in [-0.25, -0.2) is 4.79 Å². The minimum absolute atomic E-state index is 0.0672. The van der Waals surface area contributed by atoms with E-state index in [1.807, 2.05) is 19.1 Å². The highest BCUT2D eigenvalue weighted by Crippen LogP contribution is 2.41.